The molecule has 0 spiro atoms. The van der Waals surface area contributed by atoms with Crippen molar-refractivity contribution in [3.05, 3.63) is 70.8 Å². The molecular formula is C21H23NO3. The van der Waals surface area contributed by atoms with Gasteiger partial charge in [-0.15, -0.1) is 0 Å². The van der Waals surface area contributed by atoms with Crippen molar-refractivity contribution in [1.29, 1.82) is 0 Å². The van der Waals surface area contributed by atoms with Crippen LogP contribution in [0.25, 0.3) is 0 Å². The predicted octanol–water partition coefficient (Wildman–Crippen LogP) is 3.55. The zero-order valence-electron chi connectivity index (χ0n) is 14.9. The summed E-state index contributed by atoms with van der Waals surface area (Å²) in [7, 11) is 1.36. The summed E-state index contributed by atoms with van der Waals surface area (Å²) >= 11 is 0. The Labute approximate surface area is 148 Å². The minimum Gasteiger partial charge on any atom is -0.467 e. The first kappa shape index (κ1) is 17.2. The van der Waals surface area contributed by atoms with Crippen molar-refractivity contribution in [2.45, 2.75) is 38.8 Å². The maximum Gasteiger partial charge on any atom is 0.328 e. The smallest absolute Gasteiger partial charge is 0.328 e. The van der Waals surface area contributed by atoms with E-state index in [-0.39, 0.29) is 11.9 Å². The number of rotatable bonds is 3. The highest BCUT2D eigenvalue weighted by Gasteiger charge is 2.35. The van der Waals surface area contributed by atoms with Gasteiger partial charge >= 0.3 is 5.97 Å². The number of fused-ring (bicyclic) bond motifs is 1. The molecule has 25 heavy (non-hydrogen) atoms. The first-order chi connectivity index (χ1) is 12.0. The molecule has 0 N–H and O–H groups in total. The van der Waals surface area contributed by atoms with Crippen LogP contribution < -0.4 is 0 Å². The highest BCUT2D eigenvalue weighted by atomic mass is 16.5. The summed E-state index contributed by atoms with van der Waals surface area (Å²) in [5, 5.41) is 0. The zero-order chi connectivity index (χ0) is 18.0. The number of carbonyl (C=O) groups is 2. The molecule has 3 rings (SSSR count). The lowest BCUT2D eigenvalue weighted by Gasteiger charge is -2.35. The SMILES string of the molecule is COC(=O)C1Cc2ccccc2CN1C(=O)c1ccc(C(C)C)cc1. The number of nitrogens with zero attached hydrogens (tertiary/aromatic N) is 1. The van der Waals surface area contributed by atoms with Crippen LogP contribution >= 0.6 is 0 Å². The van der Waals surface area contributed by atoms with Crippen molar-refractivity contribution in [3.8, 4) is 0 Å². The molecule has 2 aromatic carbocycles. The number of esters is 1. The fraction of sp³-hybridized carbons (Fsp3) is 0.333. The molecular weight excluding hydrogens is 314 g/mol. The van der Waals surface area contributed by atoms with Gasteiger partial charge in [-0.05, 0) is 34.7 Å². The van der Waals surface area contributed by atoms with Crippen LogP contribution in [0.3, 0.4) is 0 Å². The van der Waals surface area contributed by atoms with E-state index < -0.39 is 6.04 Å². The maximum atomic E-state index is 13.0. The standard InChI is InChI=1S/C21H23NO3/c1-14(2)15-8-10-16(11-9-15)20(23)22-13-18-7-5-4-6-17(18)12-19(22)21(24)25-3/h4-11,14,19H,12-13H2,1-3H3. The minimum absolute atomic E-state index is 0.139. The highest BCUT2D eigenvalue weighted by molar-refractivity contribution is 5.97. The van der Waals surface area contributed by atoms with Crippen molar-refractivity contribution < 1.29 is 14.3 Å². The van der Waals surface area contributed by atoms with E-state index in [1.54, 1.807) is 4.90 Å². The number of hydrogen-bond acceptors (Lipinski definition) is 3. The summed E-state index contributed by atoms with van der Waals surface area (Å²) in [6.07, 6.45) is 0.485. The molecule has 1 aliphatic heterocycles. The zero-order valence-corrected chi connectivity index (χ0v) is 14.9. The molecule has 0 aromatic heterocycles. The van der Waals surface area contributed by atoms with Gasteiger partial charge in [0.05, 0.1) is 7.11 Å². The number of amides is 1. The molecule has 4 nitrogen and oxygen atoms in total. The number of ether oxygens (including phenoxy) is 1. The second-order valence-electron chi connectivity index (χ2n) is 6.72. The molecule has 1 aliphatic rings. The second-order valence-corrected chi connectivity index (χ2v) is 6.72. The topological polar surface area (TPSA) is 46.6 Å². The van der Waals surface area contributed by atoms with E-state index in [0.717, 1.165) is 11.1 Å². The second kappa shape index (κ2) is 7.09. The minimum atomic E-state index is -0.586. The number of carbonyl (C=O) groups excluding carboxylic acids is 2. The van der Waals surface area contributed by atoms with Crippen LogP contribution in [0.2, 0.25) is 0 Å². The Bertz CT molecular complexity index is 780. The van der Waals surface area contributed by atoms with Crippen molar-refractivity contribution in [3.63, 3.8) is 0 Å². The molecule has 1 amide bonds. The normalized spacial score (nSPS) is 16.5. The quantitative estimate of drug-likeness (QED) is 0.805. The van der Waals surface area contributed by atoms with E-state index in [4.69, 9.17) is 4.74 Å². The summed E-state index contributed by atoms with van der Waals surface area (Å²) in [5.74, 6) is -0.101. The molecule has 1 heterocycles. The van der Waals surface area contributed by atoms with Gasteiger partial charge in [-0.3, -0.25) is 4.79 Å². The summed E-state index contributed by atoms with van der Waals surface area (Å²) in [5.41, 5.74) is 3.95. The summed E-state index contributed by atoms with van der Waals surface area (Å²) in [6.45, 7) is 4.65. The van der Waals surface area contributed by atoms with Gasteiger partial charge in [0.25, 0.3) is 5.91 Å². The molecule has 0 fully saturated rings. The number of hydrogen-bond donors (Lipinski definition) is 0. The van der Waals surface area contributed by atoms with Crippen LogP contribution in [0, 0.1) is 0 Å². The van der Waals surface area contributed by atoms with Crippen LogP contribution in [0.4, 0.5) is 0 Å². The Morgan fingerprint density at radius 3 is 2.28 bits per heavy atom. The largest absolute Gasteiger partial charge is 0.467 e. The lowest BCUT2D eigenvalue weighted by Crippen LogP contribution is -2.49. The van der Waals surface area contributed by atoms with E-state index in [1.165, 1.54) is 12.7 Å². The van der Waals surface area contributed by atoms with E-state index in [1.807, 2.05) is 48.5 Å². The Hall–Kier alpha value is -2.62. The molecule has 0 bridgehead atoms. The van der Waals surface area contributed by atoms with Crippen LogP contribution in [0.5, 0.6) is 0 Å². The lowest BCUT2D eigenvalue weighted by atomic mass is 9.93. The van der Waals surface area contributed by atoms with E-state index >= 15 is 0 Å². The van der Waals surface area contributed by atoms with Gasteiger partial charge in [0.15, 0.2) is 0 Å². The van der Waals surface area contributed by atoms with Crippen molar-refractivity contribution >= 4 is 11.9 Å². The molecule has 2 aromatic rings. The third kappa shape index (κ3) is 3.43. The number of benzene rings is 2. The summed E-state index contributed by atoms with van der Waals surface area (Å²) < 4.78 is 4.94. The predicted molar refractivity (Wildman–Crippen MR) is 96.4 cm³/mol. The fourth-order valence-corrected chi connectivity index (χ4v) is 3.26. The Morgan fingerprint density at radius 1 is 1.04 bits per heavy atom. The van der Waals surface area contributed by atoms with Crippen molar-refractivity contribution in [1.82, 2.24) is 4.90 Å². The summed E-state index contributed by atoms with van der Waals surface area (Å²) in [4.78, 5) is 26.9. The van der Waals surface area contributed by atoms with Crippen LogP contribution in [0.15, 0.2) is 48.5 Å². The molecule has 1 atom stereocenters. The maximum absolute atomic E-state index is 13.0. The molecule has 0 saturated carbocycles. The van der Waals surface area contributed by atoms with E-state index in [2.05, 4.69) is 13.8 Å². The van der Waals surface area contributed by atoms with Crippen LogP contribution in [-0.2, 0) is 22.5 Å². The third-order valence-electron chi connectivity index (χ3n) is 4.81. The van der Waals surface area contributed by atoms with Gasteiger partial charge in [0.2, 0.25) is 0 Å². The van der Waals surface area contributed by atoms with Gasteiger partial charge in [-0.25, -0.2) is 4.79 Å². The lowest BCUT2D eigenvalue weighted by molar-refractivity contribution is -0.146. The monoisotopic (exact) mass is 337 g/mol. The molecule has 0 aliphatic carbocycles. The van der Waals surface area contributed by atoms with Gasteiger partial charge in [0.1, 0.15) is 6.04 Å². The van der Waals surface area contributed by atoms with Crippen LogP contribution in [0.1, 0.15) is 46.8 Å². The van der Waals surface area contributed by atoms with Gasteiger partial charge in [-0.2, -0.15) is 0 Å². The Morgan fingerprint density at radius 2 is 1.68 bits per heavy atom. The van der Waals surface area contributed by atoms with Gasteiger partial charge < -0.3 is 9.64 Å². The average Bonchev–Trinajstić information content (AvgIpc) is 2.65. The molecule has 0 saturated heterocycles. The Kier molecular flexibility index (Phi) is 4.88. The van der Waals surface area contributed by atoms with Crippen LogP contribution in [-0.4, -0.2) is 29.9 Å². The van der Waals surface area contributed by atoms with E-state index in [0.29, 0.717) is 24.4 Å². The first-order valence-electron chi connectivity index (χ1n) is 8.56. The van der Waals surface area contributed by atoms with Crippen molar-refractivity contribution in [2.24, 2.45) is 0 Å². The third-order valence-corrected chi connectivity index (χ3v) is 4.81. The number of methoxy groups -OCH3 is 1. The fourth-order valence-electron chi connectivity index (χ4n) is 3.26. The molecule has 130 valence electrons. The van der Waals surface area contributed by atoms with E-state index in [9.17, 15) is 9.59 Å². The first-order valence-corrected chi connectivity index (χ1v) is 8.56. The Balaban J connectivity index is 1.92. The highest BCUT2D eigenvalue weighted by Crippen LogP contribution is 2.26. The van der Waals surface area contributed by atoms with Gasteiger partial charge in [-0.1, -0.05) is 50.2 Å². The van der Waals surface area contributed by atoms with Gasteiger partial charge in [0, 0.05) is 18.5 Å². The summed E-state index contributed by atoms with van der Waals surface area (Å²) in [6, 6.07) is 15.0. The molecule has 0 radical (unpaired) electrons. The van der Waals surface area contributed by atoms with Crippen molar-refractivity contribution in [2.75, 3.05) is 7.11 Å². The molecule has 4 heteroatoms. The molecule has 1 unspecified atom stereocenters. The average molecular weight is 337 g/mol.